The van der Waals surface area contributed by atoms with Gasteiger partial charge >= 0.3 is 0 Å². The van der Waals surface area contributed by atoms with Gasteiger partial charge in [0.25, 0.3) is 0 Å². The van der Waals surface area contributed by atoms with E-state index in [4.69, 9.17) is 11.6 Å². The van der Waals surface area contributed by atoms with Crippen LogP contribution in [0, 0.1) is 6.92 Å². The van der Waals surface area contributed by atoms with Crippen molar-refractivity contribution in [2.24, 2.45) is 7.05 Å². The molecule has 5 heteroatoms. The molecule has 1 atom stereocenters. The Morgan fingerprint density at radius 2 is 2.21 bits per heavy atom. The molecular weight excluding hydrogens is 278 g/mol. The Bertz CT molecular complexity index is 559. The number of nitrogens with zero attached hydrogens (tertiary/aromatic N) is 2. The molecular formula is C14H20ClN3S. The van der Waals surface area contributed by atoms with Gasteiger partial charge in [-0.25, -0.2) is 0 Å². The van der Waals surface area contributed by atoms with Crippen molar-refractivity contribution >= 4 is 22.9 Å². The minimum Gasteiger partial charge on any atom is -0.304 e. The highest BCUT2D eigenvalue weighted by Crippen LogP contribution is 2.24. The molecule has 2 aromatic rings. The molecule has 3 nitrogen and oxygen atoms in total. The third-order valence-electron chi connectivity index (χ3n) is 3.27. The summed E-state index contributed by atoms with van der Waals surface area (Å²) < 4.78 is 1.88. The maximum atomic E-state index is 6.34. The number of thiophene rings is 1. The minimum atomic E-state index is 0.328. The van der Waals surface area contributed by atoms with E-state index in [2.05, 4.69) is 43.3 Å². The lowest BCUT2D eigenvalue weighted by Gasteiger charge is -2.12. The molecule has 0 fully saturated rings. The number of aryl methyl sites for hydroxylation is 3. The summed E-state index contributed by atoms with van der Waals surface area (Å²) >= 11 is 8.17. The van der Waals surface area contributed by atoms with Crippen molar-refractivity contribution in [3.05, 3.63) is 38.3 Å². The van der Waals surface area contributed by atoms with Crippen molar-refractivity contribution in [3.8, 4) is 0 Å². The number of aromatic nitrogens is 2. The van der Waals surface area contributed by atoms with Crippen molar-refractivity contribution in [2.45, 2.75) is 39.8 Å². The lowest BCUT2D eigenvalue weighted by atomic mass is 10.2. The molecule has 0 saturated carbocycles. The highest BCUT2D eigenvalue weighted by atomic mass is 35.5. The van der Waals surface area contributed by atoms with E-state index in [1.54, 1.807) is 0 Å². The predicted molar refractivity (Wildman–Crippen MR) is 81.9 cm³/mol. The summed E-state index contributed by atoms with van der Waals surface area (Å²) in [4.78, 5) is 2.70. The van der Waals surface area contributed by atoms with Gasteiger partial charge in [-0.15, -0.1) is 11.3 Å². The smallest absolute Gasteiger partial charge is 0.0863 e. The van der Waals surface area contributed by atoms with E-state index in [0.717, 1.165) is 29.4 Å². The quantitative estimate of drug-likeness (QED) is 0.908. The van der Waals surface area contributed by atoms with Crippen LogP contribution in [0.25, 0.3) is 0 Å². The summed E-state index contributed by atoms with van der Waals surface area (Å²) in [6.07, 6.45) is 0.867. The second kappa shape index (κ2) is 6.07. The Balaban J connectivity index is 2.04. The molecule has 1 N–H and O–H groups in total. The Labute approximate surface area is 123 Å². The van der Waals surface area contributed by atoms with Crippen molar-refractivity contribution in [1.82, 2.24) is 15.1 Å². The van der Waals surface area contributed by atoms with E-state index in [9.17, 15) is 0 Å². The predicted octanol–water partition coefficient (Wildman–Crippen LogP) is 3.86. The number of hydrogen-bond acceptors (Lipinski definition) is 3. The van der Waals surface area contributed by atoms with Gasteiger partial charge in [0.2, 0.25) is 0 Å². The number of halogens is 1. The highest BCUT2D eigenvalue weighted by molar-refractivity contribution is 7.12. The Hall–Kier alpha value is -0.840. The largest absolute Gasteiger partial charge is 0.304 e. The molecule has 0 aliphatic rings. The summed E-state index contributed by atoms with van der Waals surface area (Å²) in [6.45, 7) is 7.12. The highest BCUT2D eigenvalue weighted by Gasteiger charge is 2.14. The van der Waals surface area contributed by atoms with Crippen LogP contribution in [0.2, 0.25) is 5.02 Å². The van der Waals surface area contributed by atoms with Gasteiger partial charge < -0.3 is 5.32 Å². The summed E-state index contributed by atoms with van der Waals surface area (Å²) in [5.41, 5.74) is 2.03. The van der Waals surface area contributed by atoms with Crippen molar-refractivity contribution in [2.75, 3.05) is 0 Å². The Morgan fingerprint density at radius 1 is 1.47 bits per heavy atom. The van der Waals surface area contributed by atoms with Crippen molar-refractivity contribution in [1.29, 1.82) is 0 Å². The molecule has 0 aromatic carbocycles. The molecule has 0 aliphatic carbocycles. The molecule has 2 aromatic heterocycles. The third kappa shape index (κ3) is 3.19. The van der Waals surface area contributed by atoms with Crippen LogP contribution in [-0.4, -0.2) is 9.78 Å². The van der Waals surface area contributed by atoms with Crippen LogP contribution >= 0.6 is 22.9 Å². The second-order valence-electron chi connectivity index (χ2n) is 4.74. The first-order chi connectivity index (χ1) is 9.02. The average molecular weight is 298 g/mol. The molecule has 2 rings (SSSR count). The number of nitrogens with one attached hydrogen (secondary N) is 1. The molecule has 0 radical (unpaired) electrons. The summed E-state index contributed by atoms with van der Waals surface area (Å²) in [5.74, 6) is 0. The molecule has 2 heterocycles. The van der Waals surface area contributed by atoms with Crippen LogP contribution in [0.3, 0.4) is 0 Å². The summed E-state index contributed by atoms with van der Waals surface area (Å²) in [5, 5.41) is 8.74. The van der Waals surface area contributed by atoms with Crippen LogP contribution in [-0.2, 0) is 20.0 Å². The van der Waals surface area contributed by atoms with E-state index in [1.165, 1.54) is 9.75 Å². The van der Waals surface area contributed by atoms with Crippen LogP contribution in [0.5, 0.6) is 0 Å². The zero-order valence-electron chi connectivity index (χ0n) is 11.8. The van der Waals surface area contributed by atoms with E-state index in [-0.39, 0.29) is 0 Å². The van der Waals surface area contributed by atoms with Gasteiger partial charge in [-0.1, -0.05) is 18.5 Å². The maximum absolute atomic E-state index is 6.34. The van der Waals surface area contributed by atoms with E-state index in [0.29, 0.717) is 6.04 Å². The van der Waals surface area contributed by atoms with E-state index >= 15 is 0 Å². The van der Waals surface area contributed by atoms with Crippen molar-refractivity contribution < 1.29 is 0 Å². The molecule has 0 aliphatic heterocycles. The van der Waals surface area contributed by atoms with Crippen LogP contribution in [0.15, 0.2) is 12.1 Å². The topological polar surface area (TPSA) is 29.9 Å². The SMILES string of the molecule is CCc1nn(C)c(CNC(C)c2ccc(C)s2)c1Cl. The first-order valence-corrected chi connectivity index (χ1v) is 7.72. The first-order valence-electron chi connectivity index (χ1n) is 6.52. The van der Waals surface area contributed by atoms with E-state index < -0.39 is 0 Å². The minimum absolute atomic E-state index is 0.328. The van der Waals surface area contributed by atoms with Crippen LogP contribution in [0.1, 0.15) is 41.0 Å². The van der Waals surface area contributed by atoms with Crippen molar-refractivity contribution in [3.63, 3.8) is 0 Å². The fourth-order valence-corrected chi connectivity index (χ4v) is 3.31. The van der Waals surface area contributed by atoms with Crippen LogP contribution in [0.4, 0.5) is 0 Å². The Morgan fingerprint density at radius 3 is 2.74 bits per heavy atom. The zero-order valence-corrected chi connectivity index (χ0v) is 13.4. The number of hydrogen-bond donors (Lipinski definition) is 1. The monoisotopic (exact) mass is 297 g/mol. The van der Waals surface area contributed by atoms with Gasteiger partial charge in [-0.2, -0.15) is 5.10 Å². The molecule has 1 unspecified atom stereocenters. The zero-order chi connectivity index (χ0) is 14.0. The summed E-state index contributed by atoms with van der Waals surface area (Å²) in [7, 11) is 1.95. The standard InChI is InChI=1S/C14H20ClN3S/c1-5-11-14(15)12(18(4)17-11)8-16-10(3)13-7-6-9(2)19-13/h6-7,10,16H,5,8H2,1-4H3. The first kappa shape index (κ1) is 14.6. The van der Waals surface area contributed by atoms with Crippen LogP contribution < -0.4 is 5.32 Å². The molecule has 0 saturated heterocycles. The van der Waals surface area contributed by atoms with Gasteiger partial charge in [0.05, 0.1) is 16.4 Å². The fraction of sp³-hybridized carbons (Fsp3) is 0.500. The Kier molecular flexibility index (Phi) is 4.66. The van der Waals surface area contributed by atoms with Gasteiger partial charge in [0.1, 0.15) is 0 Å². The van der Waals surface area contributed by atoms with Gasteiger partial charge in [0.15, 0.2) is 0 Å². The molecule has 104 valence electrons. The van der Waals surface area contributed by atoms with Gasteiger partial charge in [-0.3, -0.25) is 4.68 Å². The second-order valence-corrected chi connectivity index (χ2v) is 6.43. The molecule has 0 spiro atoms. The van der Waals surface area contributed by atoms with E-state index in [1.807, 2.05) is 23.1 Å². The van der Waals surface area contributed by atoms with Gasteiger partial charge in [0, 0.05) is 29.4 Å². The number of rotatable bonds is 5. The molecule has 0 amide bonds. The fourth-order valence-electron chi connectivity index (χ4n) is 2.05. The maximum Gasteiger partial charge on any atom is 0.0863 e. The lowest BCUT2D eigenvalue weighted by molar-refractivity contribution is 0.554. The summed E-state index contributed by atoms with van der Waals surface area (Å²) in [6, 6.07) is 4.67. The molecule has 0 bridgehead atoms. The van der Waals surface area contributed by atoms with Gasteiger partial charge in [-0.05, 0) is 32.4 Å². The third-order valence-corrected chi connectivity index (χ3v) is 4.89. The average Bonchev–Trinajstić information content (AvgIpc) is 2.92. The lowest BCUT2D eigenvalue weighted by Crippen LogP contribution is -2.19. The molecule has 19 heavy (non-hydrogen) atoms. The normalized spacial score (nSPS) is 12.9.